The lowest BCUT2D eigenvalue weighted by atomic mass is 10.1. The molecule has 0 aliphatic carbocycles. The van der Waals surface area contributed by atoms with Crippen molar-refractivity contribution in [2.24, 2.45) is 0 Å². The Balaban J connectivity index is 2.28. The first-order valence-electron chi connectivity index (χ1n) is 7.12. The first-order chi connectivity index (χ1) is 12.5. The van der Waals surface area contributed by atoms with Crippen molar-refractivity contribution in [3.8, 4) is 17.9 Å². The summed E-state index contributed by atoms with van der Waals surface area (Å²) in [5, 5.41) is 20.9. The van der Waals surface area contributed by atoms with Gasteiger partial charge in [-0.2, -0.15) is 10.5 Å². The van der Waals surface area contributed by atoms with Crippen molar-refractivity contribution >= 4 is 61.1 Å². The molecule has 0 saturated heterocycles. The Morgan fingerprint density at radius 2 is 1.88 bits per heavy atom. The maximum atomic E-state index is 12.3. The van der Waals surface area contributed by atoms with Gasteiger partial charge in [-0.05, 0) is 67.8 Å². The monoisotopic (exact) mass is 493 g/mol. The maximum Gasteiger partial charge on any atom is 0.266 e. The minimum atomic E-state index is -0.572. The topological polar surface area (TPSA) is 85.9 Å². The van der Waals surface area contributed by atoms with E-state index in [0.717, 1.165) is 0 Å². The zero-order valence-electron chi connectivity index (χ0n) is 13.1. The van der Waals surface area contributed by atoms with Gasteiger partial charge in [0.15, 0.2) is 6.61 Å². The second-order valence-electron chi connectivity index (χ2n) is 4.86. The number of nitriles is 2. The lowest BCUT2D eigenvalue weighted by molar-refractivity contribution is -0.112. The van der Waals surface area contributed by atoms with Crippen LogP contribution in [0.25, 0.3) is 6.08 Å². The highest BCUT2D eigenvalue weighted by Gasteiger charge is 2.13. The molecule has 2 aromatic rings. The van der Waals surface area contributed by atoms with E-state index >= 15 is 0 Å². The van der Waals surface area contributed by atoms with Crippen molar-refractivity contribution in [2.45, 2.75) is 0 Å². The fraction of sp³-hybridized carbons (Fsp3) is 0.0556. The number of halogens is 3. The van der Waals surface area contributed by atoms with Gasteiger partial charge >= 0.3 is 0 Å². The molecule has 2 rings (SSSR count). The van der Waals surface area contributed by atoms with E-state index in [2.05, 4.69) is 37.2 Å². The number of ether oxygens (including phenoxy) is 1. The largest absolute Gasteiger partial charge is 0.476 e. The van der Waals surface area contributed by atoms with E-state index in [1.54, 1.807) is 36.4 Å². The maximum absolute atomic E-state index is 12.3. The summed E-state index contributed by atoms with van der Waals surface area (Å²) in [6.07, 6.45) is 1.44. The Labute approximate surface area is 172 Å². The van der Waals surface area contributed by atoms with Crippen molar-refractivity contribution in [3.63, 3.8) is 0 Å². The van der Waals surface area contributed by atoms with Crippen molar-refractivity contribution < 1.29 is 9.53 Å². The van der Waals surface area contributed by atoms with E-state index in [1.165, 1.54) is 6.08 Å². The molecule has 0 saturated carbocycles. The summed E-state index contributed by atoms with van der Waals surface area (Å²) in [7, 11) is 0. The van der Waals surface area contributed by atoms with Crippen LogP contribution in [0.1, 0.15) is 5.56 Å². The van der Waals surface area contributed by atoms with Gasteiger partial charge in [0.1, 0.15) is 23.5 Å². The number of hydrogen-bond donors (Lipinski definition) is 1. The lowest BCUT2D eigenvalue weighted by Gasteiger charge is -2.09. The molecule has 2 aromatic carbocycles. The highest BCUT2D eigenvalue weighted by molar-refractivity contribution is 9.11. The van der Waals surface area contributed by atoms with E-state index in [1.807, 2.05) is 12.1 Å². The third-order valence-corrected chi connectivity index (χ3v) is 4.61. The van der Waals surface area contributed by atoms with E-state index < -0.39 is 5.91 Å². The van der Waals surface area contributed by atoms with Crippen LogP contribution in [-0.4, -0.2) is 12.5 Å². The number of amides is 1. The lowest BCUT2D eigenvalue weighted by Crippen LogP contribution is -2.13. The van der Waals surface area contributed by atoms with Crippen LogP contribution in [0.15, 0.2) is 50.9 Å². The van der Waals surface area contributed by atoms with Gasteiger partial charge in [0.25, 0.3) is 5.91 Å². The quantitative estimate of drug-likeness (QED) is 0.450. The number of carbonyl (C=O) groups is 1. The van der Waals surface area contributed by atoms with Crippen LogP contribution in [0.5, 0.6) is 5.75 Å². The predicted octanol–water partition coefficient (Wildman–Crippen LogP) is 5.31. The summed E-state index contributed by atoms with van der Waals surface area (Å²) in [6, 6.07) is 13.9. The van der Waals surface area contributed by atoms with Crippen LogP contribution in [-0.2, 0) is 4.79 Å². The van der Waals surface area contributed by atoms with E-state index in [-0.39, 0.29) is 12.2 Å². The standard InChI is InChI=1S/C18H10Br2ClN3O2/c19-13-8-11(9-14(20)17(13)26-6-5-22)7-12(10-23)18(25)24-16-4-2-1-3-15(16)21/h1-4,7-9H,6H2,(H,24,25)/b12-7+. The van der Waals surface area contributed by atoms with Gasteiger partial charge in [-0.3, -0.25) is 4.79 Å². The molecule has 1 amide bonds. The summed E-state index contributed by atoms with van der Waals surface area (Å²) in [5.41, 5.74) is 0.927. The summed E-state index contributed by atoms with van der Waals surface area (Å²) in [6.45, 7) is -0.101. The fourth-order valence-corrected chi connectivity index (χ4v) is 3.61. The zero-order chi connectivity index (χ0) is 19.1. The zero-order valence-corrected chi connectivity index (χ0v) is 17.0. The van der Waals surface area contributed by atoms with Gasteiger partial charge in [-0.25, -0.2) is 0 Å². The van der Waals surface area contributed by atoms with Gasteiger partial charge in [-0.15, -0.1) is 0 Å². The first-order valence-corrected chi connectivity index (χ1v) is 9.09. The van der Waals surface area contributed by atoms with Crippen LogP contribution in [0.4, 0.5) is 5.69 Å². The first kappa shape index (κ1) is 20.0. The molecular formula is C18H10Br2ClN3O2. The summed E-state index contributed by atoms with van der Waals surface area (Å²) in [5.74, 6) is -0.111. The summed E-state index contributed by atoms with van der Waals surface area (Å²) < 4.78 is 6.47. The average Bonchev–Trinajstić information content (AvgIpc) is 2.61. The van der Waals surface area contributed by atoms with Crippen LogP contribution < -0.4 is 10.1 Å². The van der Waals surface area contributed by atoms with E-state index in [4.69, 9.17) is 21.6 Å². The van der Waals surface area contributed by atoms with Crippen molar-refractivity contribution in [3.05, 3.63) is 61.5 Å². The van der Waals surface area contributed by atoms with Crippen molar-refractivity contribution in [1.82, 2.24) is 0 Å². The molecular weight excluding hydrogens is 485 g/mol. The molecule has 0 aromatic heterocycles. The molecule has 0 heterocycles. The van der Waals surface area contributed by atoms with Crippen molar-refractivity contribution in [2.75, 3.05) is 11.9 Å². The minimum absolute atomic E-state index is 0.0885. The Bertz CT molecular complexity index is 939. The second-order valence-corrected chi connectivity index (χ2v) is 6.98. The Morgan fingerprint density at radius 3 is 2.46 bits per heavy atom. The van der Waals surface area contributed by atoms with Gasteiger partial charge in [0.05, 0.1) is 19.7 Å². The number of nitrogens with one attached hydrogen (secondary N) is 1. The van der Waals surface area contributed by atoms with Gasteiger partial charge < -0.3 is 10.1 Å². The number of hydrogen-bond acceptors (Lipinski definition) is 4. The van der Waals surface area contributed by atoms with Crippen LogP contribution >= 0.6 is 43.5 Å². The average molecular weight is 496 g/mol. The Hall–Kier alpha value is -2.32. The number of carbonyl (C=O) groups excluding carboxylic acids is 1. The molecule has 1 N–H and O–H groups in total. The normalized spacial score (nSPS) is 10.6. The van der Waals surface area contributed by atoms with E-state index in [0.29, 0.717) is 31.0 Å². The molecule has 0 atom stereocenters. The highest BCUT2D eigenvalue weighted by atomic mass is 79.9. The van der Waals surface area contributed by atoms with Crippen LogP contribution in [0.3, 0.4) is 0 Å². The third kappa shape index (κ3) is 5.09. The van der Waals surface area contributed by atoms with Gasteiger partial charge in [0.2, 0.25) is 0 Å². The molecule has 130 valence electrons. The fourth-order valence-electron chi connectivity index (χ4n) is 1.97. The van der Waals surface area contributed by atoms with Gasteiger partial charge in [0, 0.05) is 0 Å². The molecule has 5 nitrogen and oxygen atoms in total. The molecule has 0 aliphatic rings. The molecule has 8 heteroatoms. The molecule has 0 aliphatic heterocycles. The number of rotatable bonds is 5. The molecule has 0 spiro atoms. The third-order valence-electron chi connectivity index (χ3n) is 3.10. The highest BCUT2D eigenvalue weighted by Crippen LogP contribution is 2.35. The molecule has 0 radical (unpaired) electrons. The Kier molecular flexibility index (Phi) is 7.23. The Morgan fingerprint density at radius 1 is 1.23 bits per heavy atom. The SMILES string of the molecule is N#CCOc1c(Br)cc(/C=C(\C#N)C(=O)Nc2ccccc2Cl)cc1Br. The molecule has 26 heavy (non-hydrogen) atoms. The number of para-hydroxylation sites is 1. The van der Waals surface area contributed by atoms with Crippen molar-refractivity contribution in [1.29, 1.82) is 10.5 Å². The van der Waals surface area contributed by atoms with Crippen LogP contribution in [0, 0.1) is 22.7 Å². The molecule has 0 fully saturated rings. The minimum Gasteiger partial charge on any atom is -0.476 e. The van der Waals surface area contributed by atoms with E-state index in [9.17, 15) is 10.1 Å². The smallest absolute Gasteiger partial charge is 0.266 e. The second kappa shape index (κ2) is 9.40. The summed E-state index contributed by atoms with van der Waals surface area (Å²) >= 11 is 12.7. The number of benzene rings is 2. The summed E-state index contributed by atoms with van der Waals surface area (Å²) in [4.78, 5) is 12.3. The van der Waals surface area contributed by atoms with Gasteiger partial charge in [-0.1, -0.05) is 23.7 Å². The molecule has 0 bridgehead atoms. The van der Waals surface area contributed by atoms with Crippen LogP contribution in [0.2, 0.25) is 5.02 Å². The predicted molar refractivity (Wildman–Crippen MR) is 107 cm³/mol. The number of anilines is 1. The number of nitrogens with zero attached hydrogens (tertiary/aromatic N) is 2. The molecule has 0 unspecified atom stereocenters.